The maximum atomic E-state index is 12.5. The van der Waals surface area contributed by atoms with Gasteiger partial charge in [-0.05, 0) is 44.1 Å². The molecule has 7 heteroatoms. The van der Waals surface area contributed by atoms with Crippen LogP contribution < -0.4 is 15.4 Å². The van der Waals surface area contributed by atoms with Crippen LogP contribution in [0, 0.1) is 0 Å². The molecule has 1 saturated heterocycles. The van der Waals surface area contributed by atoms with Crippen LogP contribution in [0.1, 0.15) is 36.9 Å². The number of aromatic nitrogens is 4. The predicted octanol–water partition coefficient (Wildman–Crippen LogP) is 1.65. The SMILES string of the molecule is CN(C)c1cc(N2CCCC2Cn2nc3c(cc2=O)CCCC3)ncn1. The van der Waals surface area contributed by atoms with Crippen molar-refractivity contribution in [3.05, 3.63) is 40.1 Å². The highest BCUT2D eigenvalue weighted by Crippen LogP contribution is 2.26. The summed E-state index contributed by atoms with van der Waals surface area (Å²) in [5, 5.41) is 4.69. The summed E-state index contributed by atoms with van der Waals surface area (Å²) in [6.07, 6.45) is 8.07. The first kappa shape index (κ1) is 17.0. The number of hydrogen-bond acceptors (Lipinski definition) is 6. The van der Waals surface area contributed by atoms with E-state index in [0.29, 0.717) is 6.54 Å². The first-order valence-electron chi connectivity index (χ1n) is 9.48. The Kier molecular flexibility index (Phi) is 4.61. The molecule has 0 aromatic carbocycles. The van der Waals surface area contributed by atoms with Crippen molar-refractivity contribution >= 4 is 11.6 Å². The number of nitrogens with zero attached hydrogens (tertiary/aromatic N) is 6. The first-order valence-corrected chi connectivity index (χ1v) is 9.48. The highest BCUT2D eigenvalue weighted by molar-refractivity contribution is 5.50. The molecule has 0 bridgehead atoms. The second-order valence-electron chi connectivity index (χ2n) is 7.46. The van der Waals surface area contributed by atoms with E-state index in [1.807, 2.05) is 25.1 Å². The molecular formula is C19H26N6O. The van der Waals surface area contributed by atoms with Gasteiger partial charge < -0.3 is 9.80 Å². The van der Waals surface area contributed by atoms with Crippen LogP contribution in [0.5, 0.6) is 0 Å². The average molecular weight is 354 g/mol. The van der Waals surface area contributed by atoms with E-state index in [2.05, 4.69) is 20.0 Å². The zero-order chi connectivity index (χ0) is 18.1. The third kappa shape index (κ3) is 3.30. The van der Waals surface area contributed by atoms with Crippen molar-refractivity contribution in [3.8, 4) is 0 Å². The molecule has 0 spiro atoms. The fourth-order valence-corrected chi connectivity index (χ4v) is 4.00. The molecule has 1 atom stereocenters. The molecule has 0 amide bonds. The minimum atomic E-state index is 0.0224. The number of fused-ring (bicyclic) bond motifs is 1. The molecule has 2 aromatic rings. The zero-order valence-corrected chi connectivity index (χ0v) is 15.6. The van der Waals surface area contributed by atoms with Crippen LogP contribution in [0.2, 0.25) is 0 Å². The van der Waals surface area contributed by atoms with Gasteiger partial charge in [0.05, 0.1) is 18.3 Å². The molecule has 4 rings (SSSR count). The van der Waals surface area contributed by atoms with Gasteiger partial charge >= 0.3 is 0 Å². The fourth-order valence-electron chi connectivity index (χ4n) is 4.00. The minimum Gasteiger partial charge on any atom is -0.363 e. The van der Waals surface area contributed by atoms with Gasteiger partial charge in [0.25, 0.3) is 5.56 Å². The Morgan fingerprint density at radius 1 is 1.15 bits per heavy atom. The predicted molar refractivity (Wildman–Crippen MR) is 102 cm³/mol. The van der Waals surface area contributed by atoms with Crippen LogP contribution in [0.3, 0.4) is 0 Å². The van der Waals surface area contributed by atoms with Crippen molar-refractivity contribution in [2.24, 2.45) is 0 Å². The van der Waals surface area contributed by atoms with E-state index < -0.39 is 0 Å². The molecule has 1 aliphatic heterocycles. The lowest BCUT2D eigenvalue weighted by molar-refractivity contribution is 0.472. The van der Waals surface area contributed by atoms with Gasteiger partial charge in [-0.15, -0.1) is 0 Å². The second kappa shape index (κ2) is 7.05. The molecule has 1 unspecified atom stereocenters. The van der Waals surface area contributed by atoms with E-state index in [1.54, 1.807) is 17.1 Å². The van der Waals surface area contributed by atoms with Crippen LogP contribution in [0.25, 0.3) is 0 Å². The third-order valence-electron chi connectivity index (χ3n) is 5.43. The second-order valence-corrected chi connectivity index (χ2v) is 7.46. The summed E-state index contributed by atoms with van der Waals surface area (Å²) in [5.41, 5.74) is 2.28. The van der Waals surface area contributed by atoms with Gasteiger partial charge in [0.1, 0.15) is 18.0 Å². The number of aryl methyl sites for hydroxylation is 2. The Labute approximate surface area is 153 Å². The van der Waals surface area contributed by atoms with E-state index in [0.717, 1.165) is 61.5 Å². The molecule has 1 fully saturated rings. The molecule has 26 heavy (non-hydrogen) atoms. The zero-order valence-electron chi connectivity index (χ0n) is 15.6. The van der Waals surface area contributed by atoms with Crippen molar-refractivity contribution in [1.82, 2.24) is 19.7 Å². The highest BCUT2D eigenvalue weighted by Gasteiger charge is 2.27. The summed E-state index contributed by atoms with van der Waals surface area (Å²) in [6.45, 7) is 1.57. The van der Waals surface area contributed by atoms with E-state index in [9.17, 15) is 4.79 Å². The Balaban J connectivity index is 1.58. The first-order chi connectivity index (χ1) is 12.6. The maximum Gasteiger partial charge on any atom is 0.267 e. The summed E-state index contributed by atoms with van der Waals surface area (Å²) in [6, 6.07) is 4.06. The number of anilines is 2. The number of hydrogen-bond donors (Lipinski definition) is 0. The van der Waals surface area contributed by atoms with Crippen molar-refractivity contribution < 1.29 is 0 Å². The van der Waals surface area contributed by atoms with Crippen LogP contribution in [-0.2, 0) is 19.4 Å². The lowest BCUT2D eigenvalue weighted by atomic mass is 9.97. The molecule has 2 aromatic heterocycles. The van der Waals surface area contributed by atoms with E-state index in [-0.39, 0.29) is 11.6 Å². The molecule has 7 nitrogen and oxygen atoms in total. The topological polar surface area (TPSA) is 67.2 Å². The van der Waals surface area contributed by atoms with Crippen molar-refractivity contribution in [2.75, 3.05) is 30.4 Å². The van der Waals surface area contributed by atoms with E-state index in [4.69, 9.17) is 0 Å². The minimum absolute atomic E-state index is 0.0224. The normalized spacial score (nSPS) is 19.5. The molecule has 0 radical (unpaired) electrons. The van der Waals surface area contributed by atoms with Gasteiger partial charge in [-0.3, -0.25) is 4.79 Å². The van der Waals surface area contributed by atoms with Gasteiger partial charge in [-0.2, -0.15) is 5.10 Å². The number of rotatable bonds is 4. The lowest BCUT2D eigenvalue weighted by Gasteiger charge is -2.27. The largest absolute Gasteiger partial charge is 0.363 e. The van der Waals surface area contributed by atoms with Crippen molar-refractivity contribution in [2.45, 2.75) is 51.1 Å². The standard InChI is InChI=1S/C19H26N6O/c1-23(2)17-11-18(21-13-20-17)24-9-5-7-15(24)12-25-19(26)10-14-6-3-4-8-16(14)22-25/h10-11,13,15H,3-9,12H2,1-2H3. The van der Waals surface area contributed by atoms with Gasteiger partial charge in [-0.25, -0.2) is 14.6 Å². The lowest BCUT2D eigenvalue weighted by Crippen LogP contribution is -2.38. The monoisotopic (exact) mass is 354 g/mol. The maximum absolute atomic E-state index is 12.5. The quantitative estimate of drug-likeness (QED) is 0.832. The smallest absolute Gasteiger partial charge is 0.267 e. The van der Waals surface area contributed by atoms with Crippen LogP contribution in [0.15, 0.2) is 23.3 Å². The van der Waals surface area contributed by atoms with Gasteiger partial charge in [0, 0.05) is 32.8 Å². The molecule has 138 valence electrons. The van der Waals surface area contributed by atoms with E-state index >= 15 is 0 Å². The van der Waals surface area contributed by atoms with Crippen LogP contribution in [-0.4, -0.2) is 46.4 Å². The van der Waals surface area contributed by atoms with Gasteiger partial charge in [-0.1, -0.05) is 0 Å². The van der Waals surface area contributed by atoms with Gasteiger partial charge in [0.15, 0.2) is 0 Å². The summed E-state index contributed by atoms with van der Waals surface area (Å²) in [7, 11) is 3.95. The molecule has 0 N–H and O–H groups in total. The Morgan fingerprint density at radius 2 is 2.00 bits per heavy atom. The molecule has 0 saturated carbocycles. The fraction of sp³-hybridized carbons (Fsp3) is 0.579. The molecule has 2 aliphatic rings. The Hall–Kier alpha value is -2.44. The summed E-state index contributed by atoms with van der Waals surface area (Å²) in [4.78, 5) is 25.6. The molecule has 1 aliphatic carbocycles. The summed E-state index contributed by atoms with van der Waals surface area (Å²) in [5.74, 6) is 1.82. The van der Waals surface area contributed by atoms with Crippen LogP contribution in [0.4, 0.5) is 11.6 Å². The van der Waals surface area contributed by atoms with Crippen LogP contribution >= 0.6 is 0 Å². The summed E-state index contributed by atoms with van der Waals surface area (Å²) >= 11 is 0. The van der Waals surface area contributed by atoms with Crippen molar-refractivity contribution in [1.29, 1.82) is 0 Å². The van der Waals surface area contributed by atoms with Gasteiger partial charge in [0.2, 0.25) is 0 Å². The van der Waals surface area contributed by atoms with E-state index in [1.165, 1.54) is 6.42 Å². The molecular weight excluding hydrogens is 328 g/mol. The van der Waals surface area contributed by atoms with Crippen molar-refractivity contribution in [3.63, 3.8) is 0 Å². The Bertz CT molecular complexity index is 846. The highest BCUT2D eigenvalue weighted by atomic mass is 16.1. The third-order valence-corrected chi connectivity index (χ3v) is 5.43. The Morgan fingerprint density at radius 3 is 2.85 bits per heavy atom. The average Bonchev–Trinajstić information content (AvgIpc) is 3.10. The summed E-state index contributed by atoms with van der Waals surface area (Å²) < 4.78 is 1.67. The molecule has 3 heterocycles.